The third-order valence-electron chi connectivity index (χ3n) is 2.69. The molecular formula is C11H21N3O2. The van der Waals surface area contributed by atoms with Crippen LogP contribution in [0.2, 0.25) is 0 Å². The highest BCUT2D eigenvalue weighted by molar-refractivity contribution is 5.81. The number of nitrogens with zero attached hydrogens (tertiary/aromatic N) is 2. The fraction of sp³-hybridized carbons (Fsp3) is 0.818. The molecule has 0 bridgehead atoms. The van der Waals surface area contributed by atoms with Gasteiger partial charge in [-0.1, -0.05) is 0 Å². The molecule has 0 amide bonds. The van der Waals surface area contributed by atoms with Crippen molar-refractivity contribution in [2.24, 2.45) is 4.99 Å². The summed E-state index contributed by atoms with van der Waals surface area (Å²) in [6, 6.07) is 1.26. The van der Waals surface area contributed by atoms with Crippen LogP contribution >= 0.6 is 0 Å². The van der Waals surface area contributed by atoms with Crippen molar-refractivity contribution >= 4 is 11.9 Å². The molecule has 2 N–H and O–H groups in total. The number of nitrogens with one attached hydrogen (secondary N) is 1. The highest BCUT2D eigenvalue weighted by Crippen LogP contribution is 2.16. The lowest BCUT2D eigenvalue weighted by Crippen LogP contribution is -2.57. The number of fused-ring (bicyclic) bond motifs is 1. The summed E-state index contributed by atoms with van der Waals surface area (Å²) in [7, 11) is 0. The van der Waals surface area contributed by atoms with Gasteiger partial charge in [-0.2, -0.15) is 0 Å². The van der Waals surface area contributed by atoms with Crippen molar-refractivity contribution < 1.29 is 9.90 Å². The van der Waals surface area contributed by atoms with Crippen molar-refractivity contribution in [1.29, 1.82) is 0 Å². The summed E-state index contributed by atoms with van der Waals surface area (Å²) in [6.07, 6.45) is 2.45. The molecule has 2 unspecified atom stereocenters. The van der Waals surface area contributed by atoms with E-state index in [4.69, 9.17) is 9.90 Å². The average molecular weight is 227 g/mol. The maximum Gasteiger partial charge on any atom is 0.300 e. The van der Waals surface area contributed by atoms with Crippen LogP contribution in [0.15, 0.2) is 4.99 Å². The molecule has 92 valence electrons. The standard InChI is InChI=1S/C9H17N3.C2H4O2/c1-7-6-8(2)12-5-3-4-10-9(12)11-7;1-2(3)4/h7-8H,3-6H2,1-2H3,(H,10,11);1H3,(H,3,4). The number of aliphatic imine (C=N–C) groups is 1. The zero-order valence-corrected chi connectivity index (χ0v) is 10.2. The molecule has 2 heterocycles. The summed E-state index contributed by atoms with van der Waals surface area (Å²) < 4.78 is 0. The third-order valence-corrected chi connectivity index (χ3v) is 2.69. The summed E-state index contributed by atoms with van der Waals surface area (Å²) in [5.41, 5.74) is 0. The van der Waals surface area contributed by atoms with Crippen molar-refractivity contribution in [3.63, 3.8) is 0 Å². The van der Waals surface area contributed by atoms with E-state index in [9.17, 15) is 0 Å². The Morgan fingerprint density at radius 3 is 2.81 bits per heavy atom. The van der Waals surface area contributed by atoms with Crippen molar-refractivity contribution in [3.05, 3.63) is 0 Å². The molecule has 1 saturated heterocycles. The number of carbonyl (C=O) groups is 1. The van der Waals surface area contributed by atoms with E-state index < -0.39 is 5.97 Å². The van der Waals surface area contributed by atoms with E-state index in [0.717, 1.165) is 19.4 Å². The number of hydrogen-bond donors (Lipinski definition) is 2. The van der Waals surface area contributed by atoms with Gasteiger partial charge in [-0.3, -0.25) is 9.79 Å². The van der Waals surface area contributed by atoms with Crippen LogP contribution in [0.3, 0.4) is 0 Å². The van der Waals surface area contributed by atoms with Crippen molar-refractivity contribution in [2.45, 2.75) is 45.7 Å². The molecule has 2 aliphatic heterocycles. The number of carboxylic acids is 1. The first kappa shape index (κ1) is 12.8. The summed E-state index contributed by atoms with van der Waals surface area (Å²) in [6.45, 7) is 7.78. The van der Waals surface area contributed by atoms with E-state index in [0.29, 0.717) is 12.1 Å². The second-order valence-corrected chi connectivity index (χ2v) is 4.40. The van der Waals surface area contributed by atoms with E-state index in [1.807, 2.05) is 0 Å². The lowest BCUT2D eigenvalue weighted by molar-refractivity contribution is -0.134. The lowest BCUT2D eigenvalue weighted by atomic mass is 10.1. The molecule has 1 fully saturated rings. The topological polar surface area (TPSA) is 64.9 Å². The second-order valence-electron chi connectivity index (χ2n) is 4.40. The fourth-order valence-corrected chi connectivity index (χ4v) is 2.10. The van der Waals surface area contributed by atoms with E-state index >= 15 is 0 Å². The summed E-state index contributed by atoms with van der Waals surface area (Å²) in [4.78, 5) is 15.9. The Balaban J connectivity index is 0.000000280. The van der Waals surface area contributed by atoms with Crippen molar-refractivity contribution in [2.75, 3.05) is 13.1 Å². The Bertz CT molecular complexity index is 274. The number of carboxylic acid groups (broad SMARTS) is 1. The molecule has 5 heteroatoms. The average Bonchev–Trinajstić information content (AvgIpc) is 2.16. The first-order valence-electron chi connectivity index (χ1n) is 5.78. The predicted octanol–water partition coefficient (Wildman–Crippen LogP) is 0.909. The van der Waals surface area contributed by atoms with E-state index in [1.165, 1.54) is 19.4 Å². The Morgan fingerprint density at radius 2 is 2.19 bits per heavy atom. The lowest BCUT2D eigenvalue weighted by Gasteiger charge is -2.41. The van der Waals surface area contributed by atoms with Crippen LogP contribution in [0.25, 0.3) is 0 Å². The fourth-order valence-electron chi connectivity index (χ4n) is 2.10. The van der Waals surface area contributed by atoms with Gasteiger partial charge < -0.3 is 15.3 Å². The highest BCUT2D eigenvalue weighted by atomic mass is 16.4. The minimum Gasteiger partial charge on any atom is -0.481 e. The quantitative estimate of drug-likeness (QED) is 0.645. The molecule has 0 aromatic rings. The zero-order valence-electron chi connectivity index (χ0n) is 10.2. The number of rotatable bonds is 0. The van der Waals surface area contributed by atoms with E-state index in [1.54, 1.807) is 0 Å². The number of hydrogen-bond acceptors (Lipinski definition) is 4. The van der Waals surface area contributed by atoms with Gasteiger partial charge in [0, 0.05) is 32.1 Å². The molecule has 2 atom stereocenters. The molecule has 5 nitrogen and oxygen atoms in total. The van der Waals surface area contributed by atoms with Gasteiger partial charge in [0.25, 0.3) is 5.97 Å². The smallest absolute Gasteiger partial charge is 0.300 e. The van der Waals surface area contributed by atoms with Crippen LogP contribution in [0, 0.1) is 0 Å². The maximum atomic E-state index is 9.00. The Morgan fingerprint density at radius 1 is 1.56 bits per heavy atom. The van der Waals surface area contributed by atoms with Crippen molar-refractivity contribution in [3.8, 4) is 0 Å². The monoisotopic (exact) mass is 227 g/mol. The Hall–Kier alpha value is -1.26. The van der Waals surface area contributed by atoms with Gasteiger partial charge in [-0.25, -0.2) is 0 Å². The Labute approximate surface area is 96.5 Å². The van der Waals surface area contributed by atoms with Crippen LogP contribution in [0.1, 0.15) is 33.6 Å². The zero-order chi connectivity index (χ0) is 12.1. The van der Waals surface area contributed by atoms with E-state index in [2.05, 4.69) is 29.1 Å². The van der Waals surface area contributed by atoms with Gasteiger partial charge in [0.2, 0.25) is 0 Å². The third kappa shape index (κ3) is 3.72. The van der Waals surface area contributed by atoms with Gasteiger partial charge in [0.15, 0.2) is 5.96 Å². The van der Waals surface area contributed by atoms with Gasteiger partial charge >= 0.3 is 0 Å². The highest BCUT2D eigenvalue weighted by Gasteiger charge is 2.27. The van der Waals surface area contributed by atoms with Gasteiger partial charge in [0.05, 0.1) is 0 Å². The molecule has 16 heavy (non-hydrogen) atoms. The first-order chi connectivity index (χ1) is 7.50. The summed E-state index contributed by atoms with van der Waals surface area (Å²) >= 11 is 0. The maximum absolute atomic E-state index is 9.00. The minimum absolute atomic E-state index is 0.591. The van der Waals surface area contributed by atoms with Crippen molar-refractivity contribution in [1.82, 2.24) is 10.2 Å². The molecule has 0 saturated carbocycles. The summed E-state index contributed by atoms with van der Waals surface area (Å²) in [5, 5.41) is 10.8. The Kier molecular flexibility index (Phi) is 4.58. The van der Waals surface area contributed by atoms with Crippen LogP contribution < -0.4 is 5.32 Å². The molecule has 0 aromatic carbocycles. The van der Waals surface area contributed by atoms with Gasteiger partial charge in [0.1, 0.15) is 0 Å². The summed E-state index contributed by atoms with van der Waals surface area (Å²) in [5.74, 6) is 0.299. The van der Waals surface area contributed by atoms with Crippen LogP contribution in [0.5, 0.6) is 0 Å². The second kappa shape index (κ2) is 5.72. The largest absolute Gasteiger partial charge is 0.481 e. The molecule has 2 aliphatic rings. The van der Waals surface area contributed by atoms with Gasteiger partial charge in [-0.05, 0) is 26.7 Å². The number of aliphatic carboxylic acids is 1. The SMILES string of the molecule is CC(=O)O.CC1CC(C)N2CCCN=C2N1. The molecule has 0 radical (unpaired) electrons. The molecule has 0 aromatic heterocycles. The predicted molar refractivity (Wildman–Crippen MR) is 63.6 cm³/mol. The molecule has 2 rings (SSSR count). The van der Waals surface area contributed by atoms with Crippen LogP contribution in [0.4, 0.5) is 0 Å². The van der Waals surface area contributed by atoms with E-state index in [-0.39, 0.29) is 0 Å². The van der Waals surface area contributed by atoms with Crippen LogP contribution in [-0.2, 0) is 4.79 Å². The van der Waals surface area contributed by atoms with Gasteiger partial charge in [-0.15, -0.1) is 0 Å². The molecule has 0 spiro atoms. The minimum atomic E-state index is -0.833. The normalized spacial score (nSPS) is 27.9. The molecular weight excluding hydrogens is 206 g/mol. The number of guanidine groups is 1. The molecule has 0 aliphatic carbocycles. The van der Waals surface area contributed by atoms with Crippen LogP contribution in [-0.4, -0.2) is 47.1 Å². The first-order valence-corrected chi connectivity index (χ1v) is 5.78.